The van der Waals surface area contributed by atoms with Gasteiger partial charge >= 0.3 is 0 Å². The molecule has 0 saturated heterocycles. The van der Waals surface area contributed by atoms with Crippen LogP contribution in [0.25, 0.3) is 0 Å². The predicted octanol–water partition coefficient (Wildman–Crippen LogP) is 2.40. The third kappa shape index (κ3) is 10.4. The minimum absolute atomic E-state index is 0.465. The summed E-state index contributed by atoms with van der Waals surface area (Å²) in [5, 5.41) is 6.72. The summed E-state index contributed by atoms with van der Waals surface area (Å²) in [4.78, 5) is 4.53. The molecule has 0 aromatic heterocycles. The molecule has 0 heterocycles. The zero-order chi connectivity index (χ0) is 13.8. The zero-order valence-electron chi connectivity index (χ0n) is 12.8. The first-order valence-corrected chi connectivity index (χ1v) is 7.13. The maximum Gasteiger partial charge on any atom is 0.191 e. The monoisotopic (exact) mass is 257 g/mol. The lowest BCUT2D eigenvalue weighted by molar-refractivity contribution is 0.197. The van der Waals surface area contributed by atoms with Crippen molar-refractivity contribution in [1.82, 2.24) is 10.6 Å². The van der Waals surface area contributed by atoms with Crippen molar-refractivity contribution in [3.05, 3.63) is 0 Å². The molecular formula is C14H31N3O. The average Bonchev–Trinajstić information content (AvgIpc) is 2.32. The molecule has 0 bridgehead atoms. The third-order valence-corrected chi connectivity index (χ3v) is 2.68. The van der Waals surface area contributed by atoms with Crippen LogP contribution in [0.15, 0.2) is 4.99 Å². The van der Waals surface area contributed by atoms with Gasteiger partial charge in [0.05, 0.1) is 0 Å². The van der Waals surface area contributed by atoms with E-state index in [1.165, 1.54) is 12.8 Å². The Kier molecular flexibility index (Phi) is 10.8. The van der Waals surface area contributed by atoms with Crippen molar-refractivity contribution < 1.29 is 4.74 Å². The second-order valence-electron chi connectivity index (χ2n) is 5.12. The van der Waals surface area contributed by atoms with Gasteiger partial charge in [0.1, 0.15) is 0 Å². The number of ether oxygens (including phenoxy) is 1. The van der Waals surface area contributed by atoms with Gasteiger partial charge in [0, 0.05) is 32.8 Å². The van der Waals surface area contributed by atoms with Crippen molar-refractivity contribution in [3.63, 3.8) is 0 Å². The highest BCUT2D eigenvalue weighted by atomic mass is 16.5. The number of methoxy groups -OCH3 is 1. The normalized spacial score (nSPS) is 13.8. The SMILES string of the molecule is CCNC(=NCCCOC)NC(C)CCC(C)C. The minimum atomic E-state index is 0.465. The summed E-state index contributed by atoms with van der Waals surface area (Å²) in [5.41, 5.74) is 0. The molecule has 0 aromatic rings. The molecule has 0 aliphatic heterocycles. The summed E-state index contributed by atoms with van der Waals surface area (Å²) in [5.74, 6) is 1.68. The van der Waals surface area contributed by atoms with Crippen LogP contribution in [0.4, 0.5) is 0 Å². The first-order chi connectivity index (χ1) is 8.60. The lowest BCUT2D eigenvalue weighted by atomic mass is 10.0. The zero-order valence-corrected chi connectivity index (χ0v) is 12.8. The van der Waals surface area contributed by atoms with Crippen molar-refractivity contribution in [3.8, 4) is 0 Å². The largest absolute Gasteiger partial charge is 0.385 e. The lowest BCUT2D eigenvalue weighted by Gasteiger charge is -2.18. The van der Waals surface area contributed by atoms with E-state index in [1.807, 2.05) is 0 Å². The second kappa shape index (κ2) is 11.3. The minimum Gasteiger partial charge on any atom is -0.385 e. The molecule has 1 atom stereocenters. The molecule has 4 heteroatoms. The van der Waals surface area contributed by atoms with Crippen LogP contribution in [0.1, 0.15) is 47.0 Å². The van der Waals surface area contributed by atoms with Gasteiger partial charge in [-0.1, -0.05) is 13.8 Å². The van der Waals surface area contributed by atoms with Gasteiger partial charge in [-0.3, -0.25) is 4.99 Å². The Morgan fingerprint density at radius 1 is 1.22 bits per heavy atom. The number of hydrogen-bond acceptors (Lipinski definition) is 2. The average molecular weight is 257 g/mol. The van der Waals surface area contributed by atoms with E-state index < -0.39 is 0 Å². The fourth-order valence-corrected chi connectivity index (χ4v) is 1.61. The Bertz CT molecular complexity index is 217. The number of rotatable bonds is 9. The van der Waals surface area contributed by atoms with Crippen molar-refractivity contribution in [1.29, 1.82) is 0 Å². The van der Waals surface area contributed by atoms with E-state index >= 15 is 0 Å². The van der Waals surface area contributed by atoms with Crippen molar-refractivity contribution in [2.45, 2.75) is 53.0 Å². The van der Waals surface area contributed by atoms with Crippen LogP contribution in [0.5, 0.6) is 0 Å². The number of nitrogens with zero attached hydrogens (tertiary/aromatic N) is 1. The standard InChI is InChI=1S/C14H31N3O/c1-6-15-14(16-10-7-11-18-5)17-13(4)9-8-12(2)3/h12-13H,6-11H2,1-5H3,(H2,15,16,17). The molecule has 0 rings (SSSR count). The first kappa shape index (κ1) is 17.2. The van der Waals surface area contributed by atoms with Crippen LogP contribution >= 0.6 is 0 Å². The molecule has 2 N–H and O–H groups in total. The van der Waals surface area contributed by atoms with Crippen LogP contribution in [0.3, 0.4) is 0 Å². The Hall–Kier alpha value is -0.770. The summed E-state index contributed by atoms with van der Waals surface area (Å²) < 4.78 is 5.02. The Labute approximate surface area is 113 Å². The molecule has 0 fully saturated rings. The smallest absolute Gasteiger partial charge is 0.191 e. The fraction of sp³-hybridized carbons (Fsp3) is 0.929. The number of nitrogens with one attached hydrogen (secondary N) is 2. The van der Waals surface area contributed by atoms with Crippen molar-refractivity contribution >= 4 is 5.96 Å². The molecule has 0 spiro atoms. The molecule has 0 saturated carbocycles. The molecule has 108 valence electrons. The van der Waals surface area contributed by atoms with Crippen LogP contribution in [0.2, 0.25) is 0 Å². The van der Waals surface area contributed by atoms with Crippen LogP contribution < -0.4 is 10.6 Å². The van der Waals surface area contributed by atoms with E-state index in [1.54, 1.807) is 7.11 Å². The molecule has 0 radical (unpaired) electrons. The van der Waals surface area contributed by atoms with Crippen molar-refractivity contribution in [2.24, 2.45) is 10.9 Å². The van der Waals surface area contributed by atoms with Crippen LogP contribution in [-0.2, 0) is 4.74 Å². The van der Waals surface area contributed by atoms with Gasteiger partial charge < -0.3 is 15.4 Å². The predicted molar refractivity (Wildman–Crippen MR) is 79.1 cm³/mol. The lowest BCUT2D eigenvalue weighted by Crippen LogP contribution is -2.42. The number of aliphatic imine (C=N–C) groups is 1. The molecule has 0 aromatic carbocycles. The van der Waals surface area contributed by atoms with Gasteiger partial charge in [0.15, 0.2) is 5.96 Å². The summed E-state index contributed by atoms with van der Waals surface area (Å²) in [6, 6.07) is 0.465. The topological polar surface area (TPSA) is 45.7 Å². The highest BCUT2D eigenvalue weighted by Crippen LogP contribution is 2.06. The fourth-order valence-electron chi connectivity index (χ4n) is 1.61. The molecule has 1 unspecified atom stereocenters. The summed E-state index contributed by atoms with van der Waals surface area (Å²) in [6.45, 7) is 11.3. The summed E-state index contributed by atoms with van der Waals surface area (Å²) in [7, 11) is 1.72. The van der Waals surface area contributed by atoms with Crippen LogP contribution in [0, 0.1) is 5.92 Å². The van der Waals surface area contributed by atoms with Crippen molar-refractivity contribution in [2.75, 3.05) is 26.8 Å². The molecule has 18 heavy (non-hydrogen) atoms. The second-order valence-corrected chi connectivity index (χ2v) is 5.12. The van der Waals surface area contributed by atoms with Crippen LogP contribution in [-0.4, -0.2) is 38.8 Å². The highest BCUT2D eigenvalue weighted by Gasteiger charge is 2.05. The number of guanidine groups is 1. The van der Waals surface area contributed by atoms with Gasteiger partial charge in [-0.25, -0.2) is 0 Å². The van der Waals surface area contributed by atoms with Gasteiger partial charge in [-0.05, 0) is 39.0 Å². The maximum atomic E-state index is 5.02. The first-order valence-electron chi connectivity index (χ1n) is 7.13. The Morgan fingerprint density at radius 3 is 2.50 bits per heavy atom. The maximum absolute atomic E-state index is 5.02. The van der Waals surface area contributed by atoms with E-state index in [9.17, 15) is 0 Å². The van der Waals surface area contributed by atoms with Gasteiger partial charge in [0.25, 0.3) is 0 Å². The molecule has 4 nitrogen and oxygen atoms in total. The van der Waals surface area contributed by atoms with Gasteiger partial charge in [0.2, 0.25) is 0 Å². The number of hydrogen-bond donors (Lipinski definition) is 2. The quantitative estimate of drug-likeness (QED) is 0.379. The molecule has 0 amide bonds. The van der Waals surface area contributed by atoms with E-state index in [4.69, 9.17) is 4.74 Å². The van der Waals surface area contributed by atoms with E-state index in [2.05, 4.69) is 43.3 Å². The van der Waals surface area contributed by atoms with E-state index in [0.29, 0.717) is 6.04 Å². The Balaban J connectivity index is 3.99. The Morgan fingerprint density at radius 2 is 1.94 bits per heavy atom. The van der Waals surface area contributed by atoms with Gasteiger partial charge in [-0.15, -0.1) is 0 Å². The summed E-state index contributed by atoms with van der Waals surface area (Å²) >= 11 is 0. The van der Waals surface area contributed by atoms with E-state index in [-0.39, 0.29) is 0 Å². The molecular weight excluding hydrogens is 226 g/mol. The third-order valence-electron chi connectivity index (χ3n) is 2.68. The molecule has 0 aliphatic rings. The highest BCUT2D eigenvalue weighted by molar-refractivity contribution is 5.79. The summed E-state index contributed by atoms with van der Waals surface area (Å²) in [6.07, 6.45) is 3.39. The van der Waals surface area contributed by atoms with E-state index in [0.717, 1.165) is 38.0 Å². The van der Waals surface area contributed by atoms with Gasteiger partial charge in [-0.2, -0.15) is 0 Å². The molecule has 0 aliphatic carbocycles.